The largest absolute Gasteiger partial charge is 0.324 e. The number of anilines is 1. The van der Waals surface area contributed by atoms with E-state index in [-0.39, 0.29) is 29.8 Å². The van der Waals surface area contributed by atoms with Gasteiger partial charge in [0.05, 0.1) is 11.4 Å². The second-order valence-corrected chi connectivity index (χ2v) is 10.3. The van der Waals surface area contributed by atoms with Crippen molar-refractivity contribution < 1.29 is 13.2 Å². The number of rotatable bonds is 8. The van der Waals surface area contributed by atoms with Crippen molar-refractivity contribution in [3.8, 4) is 0 Å². The van der Waals surface area contributed by atoms with Crippen molar-refractivity contribution in [3.63, 3.8) is 0 Å². The number of amides is 1. The van der Waals surface area contributed by atoms with Crippen molar-refractivity contribution in [1.82, 2.24) is 4.31 Å². The van der Waals surface area contributed by atoms with Crippen molar-refractivity contribution in [2.24, 2.45) is 0 Å². The van der Waals surface area contributed by atoms with Crippen LogP contribution in [0.5, 0.6) is 0 Å². The minimum atomic E-state index is -3.86. The Morgan fingerprint density at radius 2 is 1.56 bits per heavy atom. The summed E-state index contributed by atoms with van der Waals surface area (Å²) in [5.74, 6) is -0.144. The van der Waals surface area contributed by atoms with Gasteiger partial charge in [-0.05, 0) is 48.6 Å². The van der Waals surface area contributed by atoms with Crippen molar-refractivity contribution >= 4 is 21.6 Å². The fraction of sp³-hybridized carbons (Fsp3) is 0.269. The van der Waals surface area contributed by atoms with Crippen molar-refractivity contribution in [3.05, 3.63) is 95.1 Å². The van der Waals surface area contributed by atoms with Crippen molar-refractivity contribution in [2.75, 3.05) is 11.9 Å². The van der Waals surface area contributed by atoms with Gasteiger partial charge >= 0.3 is 0 Å². The molecule has 3 rings (SSSR count). The van der Waals surface area contributed by atoms with Gasteiger partial charge in [0.1, 0.15) is 0 Å². The summed E-state index contributed by atoms with van der Waals surface area (Å²) >= 11 is 0. The molecule has 0 aliphatic carbocycles. The molecule has 0 atom stereocenters. The van der Waals surface area contributed by atoms with E-state index in [1.54, 1.807) is 30.3 Å². The molecule has 0 aliphatic heterocycles. The minimum Gasteiger partial charge on any atom is -0.324 e. The van der Waals surface area contributed by atoms with Gasteiger partial charge in [0.2, 0.25) is 15.9 Å². The molecule has 168 valence electrons. The molecule has 0 saturated carbocycles. The van der Waals surface area contributed by atoms with Crippen LogP contribution in [0.2, 0.25) is 0 Å². The summed E-state index contributed by atoms with van der Waals surface area (Å²) in [6.45, 7) is 7.87. The lowest BCUT2D eigenvalue weighted by Crippen LogP contribution is -2.37. The van der Waals surface area contributed by atoms with Gasteiger partial charge in [-0.25, -0.2) is 8.42 Å². The zero-order chi connectivity index (χ0) is 23.3. The Morgan fingerprint density at radius 3 is 2.19 bits per heavy atom. The van der Waals surface area contributed by atoms with Crippen LogP contribution < -0.4 is 5.32 Å². The number of aryl methyl sites for hydroxylation is 2. The Hall–Kier alpha value is -2.96. The SMILES string of the molecule is Cc1ccc(CN(CC(=O)Nc2c(C)cccc2C(C)C)S(=O)(=O)c2ccccc2)cc1. The van der Waals surface area contributed by atoms with Crippen molar-refractivity contribution in [2.45, 2.75) is 45.1 Å². The highest BCUT2D eigenvalue weighted by Gasteiger charge is 2.27. The molecule has 1 amide bonds. The topological polar surface area (TPSA) is 66.5 Å². The summed E-state index contributed by atoms with van der Waals surface area (Å²) in [4.78, 5) is 13.2. The fourth-order valence-electron chi connectivity index (χ4n) is 3.55. The first kappa shape index (κ1) is 23.7. The Balaban J connectivity index is 1.90. The molecule has 1 N–H and O–H groups in total. The van der Waals surface area contributed by atoms with Crippen LogP contribution in [0.25, 0.3) is 0 Å². The maximum atomic E-state index is 13.4. The van der Waals surface area contributed by atoms with Crippen molar-refractivity contribution in [1.29, 1.82) is 0 Å². The highest BCUT2D eigenvalue weighted by molar-refractivity contribution is 7.89. The number of benzene rings is 3. The number of hydrogen-bond acceptors (Lipinski definition) is 3. The Bertz CT molecular complexity index is 1170. The summed E-state index contributed by atoms with van der Waals surface area (Å²) in [5, 5.41) is 2.96. The van der Waals surface area contributed by atoms with Gasteiger partial charge in [0.25, 0.3) is 0 Å². The minimum absolute atomic E-state index is 0.107. The number of hydrogen-bond donors (Lipinski definition) is 1. The van der Waals surface area contributed by atoms with Gasteiger partial charge in [-0.15, -0.1) is 0 Å². The number of carbonyl (C=O) groups excluding carboxylic acids is 1. The van der Waals surface area contributed by atoms with Crippen LogP contribution in [0.4, 0.5) is 5.69 Å². The predicted molar refractivity (Wildman–Crippen MR) is 129 cm³/mol. The van der Waals surface area contributed by atoms with E-state index >= 15 is 0 Å². The maximum absolute atomic E-state index is 13.4. The summed E-state index contributed by atoms with van der Waals surface area (Å²) < 4.78 is 28.0. The molecular formula is C26H30N2O3S. The summed E-state index contributed by atoms with van der Waals surface area (Å²) in [6, 6.07) is 21.8. The molecule has 0 bridgehead atoms. The lowest BCUT2D eigenvalue weighted by Gasteiger charge is -2.23. The highest BCUT2D eigenvalue weighted by atomic mass is 32.2. The number of nitrogens with zero attached hydrogens (tertiary/aromatic N) is 1. The summed E-state index contributed by atoms with van der Waals surface area (Å²) in [7, 11) is -3.86. The fourth-order valence-corrected chi connectivity index (χ4v) is 4.95. The molecule has 3 aromatic carbocycles. The molecule has 0 radical (unpaired) electrons. The number of nitrogens with one attached hydrogen (secondary N) is 1. The second kappa shape index (κ2) is 10.1. The van der Waals surface area contributed by atoms with Gasteiger partial charge < -0.3 is 5.32 Å². The van der Waals surface area contributed by atoms with Crippen LogP contribution in [-0.2, 0) is 21.4 Å². The number of para-hydroxylation sites is 1. The lowest BCUT2D eigenvalue weighted by atomic mass is 9.98. The van der Waals surface area contributed by atoms with Crippen LogP contribution in [0.3, 0.4) is 0 Å². The number of sulfonamides is 1. The molecule has 5 nitrogen and oxygen atoms in total. The molecular weight excluding hydrogens is 420 g/mol. The molecule has 32 heavy (non-hydrogen) atoms. The lowest BCUT2D eigenvalue weighted by molar-refractivity contribution is -0.116. The van der Waals surface area contributed by atoms with Crippen LogP contribution >= 0.6 is 0 Å². The molecule has 6 heteroatoms. The molecule has 0 heterocycles. The van der Waals surface area contributed by atoms with Crippen LogP contribution in [0.15, 0.2) is 77.7 Å². The van der Waals surface area contributed by atoms with E-state index in [9.17, 15) is 13.2 Å². The quantitative estimate of drug-likeness (QED) is 0.509. The third-order valence-electron chi connectivity index (χ3n) is 5.37. The standard InChI is InChI=1S/C26H30N2O3S/c1-19(2)24-12-8-9-21(4)26(24)27-25(29)18-28(17-22-15-13-20(3)14-16-22)32(30,31)23-10-6-5-7-11-23/h5-16,19H,17-18H2,1-4H3,(H,27,29). The molecule has 3 aromatic rings. The first-order valence-corrected chi connectivity index (χ1v) is 12.1. The van der Waals surface area contributed by atoms with Crippen LogP contribution in [0, 0.1) is 13.8 Å². The third kappa shape index (κ3) is 5.64. The summed E-state index contributed by atoms with van der Waals surface area (Å²) in [6.07, 6.45) is 0. The van der Waals surface area contributed by atoms with Crippen LogP contribution in [-0.4, -0.2) is 25.2 Å². The van der Waals surface area contributed by atoms with Gasteiger partial charge in [0.15, 0.2) is 0 Å². The van der Waals surface area contributed by atoms with Crippen LogP contribution in [0.1, 0.15) is 42.0 Å². The van der Waals surface area contributed by atoms with E-state index in [1.165, 1.54) is 4.31 Å². The van der Waals surface area contributed by atoms with E-state index in [1.807, 2.05) is 56.3 Å². The average Bonchev–Trinajstić information content (AvgIpc) is 2.76. The smallest absolute Gasteiger partial charge is 0.243 e. The van der Waals surface area contributed by atoms with E-state index in [2.05, 4.69) is 19.2 Å². The first-order chi connectivity index (χ1) is 15.2. The van der Waals surface area contributed by atoms with Gasteiger partial charge in [-0.2, -0.15) is 4.31 Å². The van der Waals surface area contributed by atoms with E-state index in [0.29, 0.717) is 0 Å². The molecule has 0 unspecified atom stereocenters. The first-order valence-electron chi connectivity index (χ1n) is 10.7. The third-order valence-corrected chi connectivity index (χ3v) is 7.18. The molecule has 0 aliphatic rings. The van der Waals surface area contributed by atoms with E-state index in [4.69, 9.17) is 0 Å². The average molecular weight is 451 g/mol. The Morgan fingerprint density at radius 1 is 0.906 bits per heavy atom. The van der Waals surface area contributed by atoms with Gasteiger partial charge in [-0.3, -0.25) is 4.79 Å². The Kier molecular flexibility index (Phi) is 7.48. The highest BCUT2D eigenvalue weighted by Crippen LogP contribution is 2.27. The van der Waals surface area contributed by atoms with E-state index in [0.717, 1.165) is 27.9 Å². The van der Waals surface area contributed by atoms with Gasteiger partial charge in [-0.1, -0.05) is 80.1 Å². The normalized spacial score (nSPS) is 11.7. The molecule has 0 saturated heterocycles. The maximum Gasteiger partial charge on any atom is 0.243 e. The zero-order valence-electron chi connectivity index (χ0n) is 19.0. The zero-order valence-corrected chi connectivity index (χ0v) is 19.8. The second-order valence-electron chi connectivity index (χ2n) is 8.31. The predicted octanol–water partition coefficient (Wildman–Crippen LogP) is 5.26. The summed E-state index contributed by atoms with van der Waals surface area (Å²) in [5.41, 5.74) is 4.63. The molecule has 0 aromatic heterocycles. The Labute approximate surface area is 191 Å². The van der Waals surface area contributed by atoms with Gasteiger partial charge in [0, 0.05) is 12.2 Å². The monoisotopic (exact) mass is 450 g/mol. The molecule has 0 spiro atoms. The van der Waals surface area contributed by atoms with E-state index < -0.39 is 10.0 Å². The molecule has 0 fully saturated rings. The number of carbonyl (C=O) groups is 1.